The highest BCUT2D eigenvalue weighted by atomic mass is 32.1. The summed E-state index contributed by atoms with van der Waals surface area (Å²) >= 11 is 1.45. The van der Waals surface area contributed by atoms with Crippen LogP contribution in [-0.2, 0) is 10.2 Å². The predicted molar refractivity (Wildman–Crippen MR) is 69.3 cm³/mol. The normalized spacial score (nSPS) is 14.2. The molecule has 0 aliphatic carbocycles. The highest BCUT2D eigenvalue weighted by Crippen LogP contribution is 2.35. The van der Waals surface area contributed by atoms with Crippen LogP contribution in [0.15, 0.2) is 41.8 Å². The second kappa shape index (κ2) is 4.22. The SMILES string of the molecule is CC(C(=O)O)(c1ccc(N)cc1)c1cccs1. The molecular weight excluding hydrogens is 234 g/mol. The van der Waals surface area contributed by atoms with Crippen molar-refractivity contribution in [3.8, 4) is 0 Å². The quantitative estimate of drug-likeness (QED) is 0.820. The number of carboxylic acids is 1. The van der Waals surface area contributed by atoms with E-state index in [9.17, 15) is 9.90 Å². The molecule has 88 valence electrons. The van der Waals surface area contributed by atoms with E-state index in [0.29, 0.717) is 5.69 Å². The number of carbonyl (C=O) groups is 1. The van der Waals surface area contributed by atoms with Gasteiger partial charge in [-0.05, 0) is 36.1 Å². The van der Waals surface area contributed by atoms with Gasteiger partial charge in [0.1, 0.15) is 5.41 Å². The first-order valence-electron chi connectivity index (χ1n) is 5.18. The summed E-state index contributed by atoms with van der Waals surface area (Å²) in [6.07, 6.45) is 0. The zero-order valence-corrected chi connectivity index (χ0v) is 10.2. The largest absolute Gasteiger partial charge is 0.480 e. The number of thiophene rings is 1. The Morgan fingerprint density at radius 1 is 1.29 bits per heavy atom. The fourth-order valence-electron chi connectivity index (χ4n) is 1.75. The van der Waals surface area contributed by atoms with Crippen molar-refractivity contribution < 1.29 is 9.90 Å². The van der Waals surface area contributed by atoms with Crippen LogP contribution in [0.5, 0.6) is 0 Å². The minimum absolute atomic E-state index is 0.632. The number of nitrogens with two attached hydrogens (primary N) is 1. The number of benzene rings is 1. The van der Waals surface area contributed by atoms with Crippen molar-refractivity contribution in [3.05, 3.63) is 52.2 Å². The summed E-state index contributed by atoms with van der Waals surface area (Å²) in [4.78, 5) is 12.4. The average Bonchev–Trinajstić information content (AvgIpc) is 2.82. The van der Waals surface area contributed by atoms with Gasteiger partial charge in [-0.15, -0.1) is 11.3 Å². The third kappa shape index (κ3) is 1.91. The molecule has 0 radical (unpaired) electrons. The van der Waals surface area contributed by atoms with Crippen molar-refractivity contribution in [2.75, 3.05) is 5.73 Å². The average molecular weight is 247 g/mol. The van der Waals surface area contributed by atoms with Gasteiger partial charge in [0.2, 0.25) is 0 Å². The summed E-state index contributed by atoms with van der Waals surface area (Å²) < 4.78 is 0. The van der Waals surface area contributed by atoms with E-state index in [-0.39, 0.29) is 0 Å². The van der Waals surface area contributed by atoms with Gasteiger partial charge in [0.05, 0.1) is 0 Å². The zero-order valence-electron chi connectivity index (χ0n) is 9.38. The molecule has 1 aromatic heterocycles. The molecule has 3 nitrogen and oxygen atoms in total. The van der Waals surface area contributed by atoms with Crippen LogP contribution in [-0.4, -0.2) is 11.1 Å². The monoisotopic (exact) mass is 247 g/mol. The molecule has 0 saturated carbocycles. The Kier molecular flexibility index (Phi) is 2.90. The molecule has 1 aromatic carbocycles. The molecule has 0 spiro atoms. The first-order valence-corrected chi connectivity index (χ1v) is 6.06. The van der Waals surface area contributed by atoms with Gasteiger partial charge in [-0.2, -0.15) is 0 Å². The van der Waals surface area contributed by atoms with Crippen LogP contribution in [0.1, 0.15) is 17.4 Å². The number of hydrogen-bond acceptors (Lipinski definition) is 3. The molecule has 0 saturated heterocycles. The fraction of sp³-hybridized carbons (Fsp3) is 0.154. The third-order valence-electron chi connectivity index (χ3n) is 2.93. The molecule has 3 N–H and O–H groups in total. The topological polar surface area (TPSA) is 63.3 Å². The van der Waals surface area contributed by atoms with Crippen LogP contribution in [0.2, 0.25) is 0 Å². The minimum atomic E-state index is -1.01. The second-order valence-electron chi connectivity index (χ2n) is 4.03. The van der Waals surface area contributed by atoms with E-state index in [2.05, 4.69) is 0 Å². The van der Waals surface area contributed by atoms with Crippen LogP contribution < -0.4 is 5.73 Å². The highest BCUT2D eigenvalue weighted by molar-refractivity contribution is 7.10. The van der Waals surface area contributed by atoms with E-state index in [0.717, 1.165) is 10.4 Å². The van der Waals surface area contributed by atoms with E-state index in [1.54, 1.807) is 31.2 Å². The van der Waals surface area contributed by atoms with E-state index >= 15 is 0 Å². The lowest BCUT2D eigenvalue weighted by Crippen LogP contribution is -2.32. The molecule has 1 heterocycles. The number of hydrogen-bond donors (Lipinski definition) is 2. The minimum Gasteiger partial charge on any atom is -0.480 e. The molecule has 1 unspecified atom stereocenters. The molecule has 0 amide bonds. The lowest BCUT2D eigenvalue weighted by Gasteiger charge is -2.24. The summed E-state index contributed by atoms with van der Waals surface area (Å²) in [5.74, 6) is -0.857. The molecule has 0 bridgehead atoms. The molecule has 0 aliphatic heterocycles. The van der Waals surface area contributed by atoms with E-state index in [4.69, 9.17) is 5.73 Å². The Morgan fingerprint density at radius 3 is 2.41 bits per heavy atom. The van der Waals surface area contributed by atoms with Crippen LogP contribution >= 0.6 is 11.3 Å². The molecule has 4 heteroatoms. The van der Waals surface area contributed by atoms with Crippen molar-refractivity contribution >= 4 is 23.0 Å². The molecular formula is C13H13NO2S. The van der Waals surface area contributed by atoms with E-state index in [1.165, 1.54) is 11.3 Å². The smallest absolute Gasteiger partial charge is 0.319 e. The molecule has 1 atom stereocenters. The molecule has 0 fully saturated rings. The number of aliphatic carboxylic acids is 1. The Hall–Kier alpha value is -1.81. The summed E-state index contributed by atoms with van der Waals surface area (Å²) in [6, 6.07) is 10.7. The summed E-state index contributed by atoms with van der Waals surface area (Å²) in [5, 5.41) is 11.4. The number of rotatable bonds is 3. The van der Waals surface area contributed by atoms with Gasteiger partial charge in [0.25, 0.3) is 0 Å². The van der Waals surface area contributed by atoms with Crippen molar-refractivity contribution in [1.82, 2.24) is 0 Å². The van der Waals surface area contributed by atoms with Crippen molar-refractivity contribution in [2.24, 2.45) is 0 Å². The summed E-state index contributed by atoms with van der Waals surface area (Å²) in [5.41, 5.74) is 5.98. The van der Waals surface area contributed by atoms with E-state index < -0.39 is 11.4 Å². The molecule has 0 aliphatic rings. The van der Waals surface area contributed by atoms with Gasteiger partial charge in [0.15, 0.2) is 0 Å². The first-order chi connectivity index (χ1) is 8.05. The van der Waals surface area contributed by atoms with Gasteiger partial charge < -0.3 is 10.8 Å². The fourth-order valence-corrected chi connectivity index (χ4v) is 2.65. The second-order valence-corrected chi connectivity index (χ2v) is 4.98. The van der Waals surface area contributed by atoms with Gasteiger partial charge >= 0.3 is 5.97 Å². The maximum Gasteiger partial charge on any atom is 0.319 e. The molecule has 2 aromatic rings. The molecule has 17 heavy (non-hydrogen) atoms. The predicted octanol–water partition coefficient (Wildman–Crippen LogP) is 2.72. The van der Waals surface area contributed by atoms with Crippen molar-refractivity contribution in [3.63, 3.8) is 0 Å². The van der Waals surface area contributed by atoms with Gasteiger partial charge in [-0.1, -0.05) is 18.2 Å². The lowest BCUT2D eigenvalue weighted by molar-refractivity contribution is -0.141. The van der Waals surface area contributed by atoms with Gasteiger partial charge in [-0.25, -0.2) is 0 Å². The van der Waals surface area contributed by atoms with Crippen LogP contribution in [0.3, 0.4) is 0 Å². The van der Waals surface area contributed by atoms with Crippen molar-refractivity contribution in [2.45, 2.75) is 12.3 Å². The summed E-state index contributed by atoms with van der Waals surface area (Å²) in [6.45, 7) is 1.71. The Bertz CT molecular complexity index is 519. The summed E-state index contributed by atoms with van der Waals surface area (Å²) in [7, 11) is 0. The van der Waals surface area contributed by atoms with Crippen LogP contribution in [0.4, 0.5) is 5.69 Å². The highest BCUT2D eigenvalue weighted by Gasteiger charge is 2.38. The number of anilines is 1. The third-order valence-corrected chi connectivity index (χ3v) is 4.02. The van der Waals surface area contributed by atoms with Crippen molar-refractivity contribution in [1.29, 1.82) is 0 Å². The maximum atomic E-state index is 11.6. The Morgan fingerprint density at radius 2 is 1.94 bits per heavy atom. The number of carboxylic acid groups (broad SMARTS) is 1. The Balaban J connectivity index is 2.56. The van der Waals surface area contributed by atoms with E-state index in [1.807, 2.05) is 17.5 Å². The first kappa shape index (κ1) is 11.7. The van der Waals surface area contributed by atoms with Gasteiger partial charge in [-0.3, -0.25) is 4.79 Å². The van der Waals surface area contributed by atoms with Gasteiger partial charge in [0, 0.05) is 10.6 Å². The van der Waals surface area contributed by atoms with Crippen LogP contribution in [0, 0.1) is 0 Å². The zero-order chi connectivity index (χ0) is 12.5. The lowest BCUT2D eigenvalue weighted by atomic mass is 9.81. The number of nitrogen functional groups attached to an aromatic ring is 1. The Labute approximate surface area is 104 Å². The maximum absolute atomic E-state index is 11.6. The molecule has 2 rings (SSSR count). The van der Waals surface area contributed by atoms with Crippen LogP contribution in [0.25, 0.3) is 0 Å². The standard InChI is InChI=1S/C13H13NO2S/c1-13(12(15)16,11-3-2-8-17-11)9-4-6-10(14)7-5-9/h2-8H,14H2,1H3,(H,15,16).